The Morgan fingerprint density at radius 1 is 0.865 bits per heavy atom. The molecule has 3 aromatic carbocycles. The SMILES string of the molecule is CC(C)(C)[Si](C)(C)Oc1ccc(C2/C(=C\c3ccc(C(F)(F)F)cc3)C(=O)N2c2ccc(F)cc2)cc1. The molecule has 0 radical (unpaired) electrons. The van der Waals surface area contributed by atoms with Crippen molar-refractivity contribution in [3.05, 3.63) is 101 Å². The van der Waals surface area contributed by atoms with E-state index in [2.05, 4.69) is 33.9 Å². The van der Waals surface area contributed by atoms with Gasteiger partial charge in [-0.25, -0.2) is 4.39 Å². The average Bonchev–Trinajstić information content (AvgIpc) is 2.81. The van der Waals surface area contributed by atoms with Gasteiger partial charge in [-0.1, -0.05) is 45.0 Å². The van der Waals surface area contributed by atoms with Crippen molar-refractivity contribution >= 4 is 26.0 Å². The van der Waals surface area contributed by atoms with Crippen molar-refractivity contribution in [3.8, 4) is 5.75 Å². The molecular formula is C29H29F4NO2Si. The lowest BCUT2D eigenvalue weighted by atomic mass is 9.86. The van der Waals surface area contributed by atoms with Crippen LogP contribution in [0.5, 0.6) is 5.75 Å². The minimum Gasteiger partial charge on any atom is -0.544 e. The monoisotopic (exact) mass is 527 g/mol. The number of rotatable bonds is 5. The highest BCUT2D eigenvalue weighted by atomic mass is 28.4. The van der Waals surface area contributed by atoms with E-state index in [-0.39, 0.29) is 10.9 Å². The van der Waals surface area contributed by atoms with Crippen LogP contribution in [0.3, 0.4) is 0 Å². The lowest BCUT2D eigenvalue weighted by Gasteiger charge is -2.43. The van der Waals surface area contributed by atoms with E-state index in [0.29, 0.717) is 16.8 Å². The second-order valence-electron chi connectivity index (χ2n) is 10.7. The summed E-state index contributed by atoms with van der Waals surface area (Å²) in [5.41, 5.74) is 1.50. The first-order valence-corrected chi connectivity index (χ1v) is 14.9. The van der Waals surface area contributed by atoms with Crippen molar-refractivity contribution in [3.63, 3.8) is 0 Å². The van der Waals surface area contributed by atoms with Gasteiger partial charge in [0.2, 0.25) is 8.32 Å². The topological polar surface area (TPSA) is 29.5 Å². The first-order chi connectivity index (χ1) is 17.2. The standard InChI is InChI=1S/C29H29F4NO2Si/c1-28(2,3)37(4,5)36-24-16-8-20(9-17-24)26-25(18-19-6-10-21(11-7-19)29(31,32)33)27(35)34(26)23-14-12-22(30)13-15-23/h6-18,26H,1-5H3/b25-18+. The Morgan fingerprint density at radius 2 is 1.43 bits per heavy atom. The molecule has 1 aliphatic rings. The maximum atomic E-state index is 13.5. The van der Waals surface area contributed by atoms with Crippen LogP contribution in [0.4, 0.5) is 23.2 Å². The summed E-state index contributed by atoms with van der Waals surface area (Å²) in [6.45, 7) is 10.8. The number of nitrogens with zero attached hydrogens (tertiary/aromatic N) is 1. The van der Waals surface area contributed by atoms with Gasteiger partial charge in [0.25, 0.3) is 5.91 Å². The molecule has 0 aromatic heterocycles. The average molecular weight is 528 g/mol. The van der Waals surface area contributed by atoms with E-state index in [1.165, 1.54) is 36.4 Å². The highest BCUT2D eigenvalue weighted by Crippen LogP contribution is 2.45. The normalized spacial score (nSPS) is 17.6. The molecule has 0 aliphatic carbocycles. The van der Waals surface area contributed by atoms with E-state index in [1.807, 2.05) is 24.3 Å². The number of amides is 1. The van der Waals surface area contributed by atoms with Crippen LogP contribution >= 0.6 is 0 Å². The zero-order valence-corrected chi connectivity index (χ0v) is 22.4. The zero-order chi connectivity index (χ0) is 27.2. The number of carbonyl (C=O) groups is 1. The van der Waals surface area contributed by atoms with Gasteiger partial charge in [0.05, 0.1) is 11.6 Å². The van der Waals surface area contributed by atoms with Gasteiger partial charge in [0.1, 0.15) is 11.6 Å². The minimum atomic E-state index is -4.44. The lowest BCUT2D eigenvalue weighted by molar-refractivity contribution is -0.137. The molecule has 1 amide bonds. The second kappa shape index (κ2) is 9.48. The number of hydrogen-bond donors (Lipinski definition) is 0. The summed E-state index contributed by atoms with van der Waals surface area (Å²) in [5, 5.41) is 0.0308. The molecule has 0 bridgehead atoms. The summed E-state index contributed by atoms with van der Waals surface area (Å²) >= 11 is 0. The van der Waals surface area contributed by atoms with Crippen LogP contribution in [0.2, 0.25) is 18.1 Å². The van der Waals surface area contributed by atoms with Crippen LogP contribution in [-0.2, 0) is 11.0 Å². The molecule has 0 spiro atoms. The first-order valence-electron chi connectivity index (χ1n) is 11.9. The van der Waals surface area contributed by atoms with Crippen LogP contribution in [0.15, 0.2) is 78.4 Å². The number of hydrogen-bond acceptors (Lipinski definition) is 2. The number of alkyl halides is 3. The highest BCUT2D eigenvalue weighted by Gasteiger charge is 2.44. The predicted molar refractivity (Wildman–Crippen MR) is 140 cm³/mol. The molecular weight excluding hydrogens is 498 g/mol. The molecule has 194 valence electrons. The Bertz CT molecular complexity index is 1310. The van der Waals surface area contributed by atoms with Crippen molar-refractivity contribution in [1.82, 2.24) is 0 Å². The quantitative estimate of drug-likeness (QED) is 0.144. The van der Waals surface area contributed by atoms with Gasteiger partial charge in [-0.2, -0.15) is 13.2 Å². The van der Waals surface area contributed by atoms with Crippen LogP contribution in [0, 0.1) is 5.82 Å². The van der Waals surface area contributed by atoms with Crippen LogP contribution in [0.25, 0.3) is 6.08 Å². The Hall–Kier alpha value is -3.39. The van der Waals surface area contributed by atoms with Crippen LogP contribution in [0.1, 0.15) is 43.5 Å². The summed E-state index contributed by atoms with van der Waals surface area (Å²) in [7, 11) is -2.04. The third-order valence-corrected chi connectivity index (χ3v) is 11.4. The van der Waals surface area contributed by atoms with Gasteiger partial charge in [0.15, 0.2) is 0 Å². The third kappa shape index (κ3) is 5.49. The maximum Gasteiger partial charge on any atom is 0.416 e. The van der Waals surface area contributed by atoms with Gasteiger partial charge in [-0.15, -0.1) is 0 Å². The Kier molecular flexibility index (Phi) is 6.83. The van der Waals surface area contributed by atoms with Gasteiger partial charge >= 0.3 is 6.18 Å². The first kappa shape index (κ1) is 26.7. The molecule has 1 atom stereocenters. The Balaban J connectivity index is 1.68. The Morgan fingerprint density at radius 3 is 1.95 bits per heavy atom. The maximum absolute atomic E-state index is 13.5. The van der Waals surface area contributed by atoms with E-state index in [1.54, 1.807) is 11.0 Å². The van der Waals surface area contributed by atoms with Gasteiger partial charge in [-0.05, 0) is 83.9 Å². The number of carbonyl (C=O) groups excluding carboxylic acids is 1. The highest BCUT2D eigenvalue weighted by molar-refractivity contribution is 6.74. The number of anilines is 1. The van der Waals surface area contributed by atoms with Crippen molar-refractivity contribution in [2.24, 2.45) is 0 Å². The fraction of sp³-hybridized carbons (Fsp3) is 0.276. The van der Waals surface area contributed by atoms with Crippen molar-refractivity contribution in [2.45, 2.75) is 51.1 Å². The molecule has 4 rings (SSSR count). The summed E-state index contributed by atoms with van der Waals surface area (Å²) in [4.78, 5) is 14.7. The van der Waals surface area contributed by atoms with Crippen molar-refractivity contribution in [1.29, 1.82) is 0 Å². The van der Waals surface area contributed by atoms with Crippen LogP contribution in [-0.4, -0.2) is 14.2 Å². The summed E-state index contributed by atoms with van der Waals surface area (Å²) in [6, 6.07) is 17.3. The van der Waals surface area contributed by atoms with Crippen molar-refractivity contribution in [2.75, 3.05) is 4.90 Å². The smallest absolute Gasteiger partial charge is 0.416 e. The van der Waals surface area contributed by atoms with Crippen molar-refractivity contribution < 1.29 is 26.8 Å². The molecule has 1 heterocycles. The fourth-order valence-electron chi connectivity index (χ4n) is 3.90. The molecule has 3 nitrogen and oxygen atoms in total. The number of halogens is 4. The predicted octanol–water partition coefficient (Wildman–Crippen LogP) is 8.40. The molecule has 37 heavy (non-hydrogen) atoms. The largest absolute Gasteiger partial charge is 0.544 e. The van der Waals surface area contributed by atoms with Crippen LogP contribution < -0.4 is 9.33 Å². The molecule has 0 saturated carbocycles. The van der Waals surface area contributed by atoms with E-state index < -0.39 is 31.9 Å². The molecule has 3 aromatic rings. The summed E-state index contributed by atoms with van der Waals surface area (Å²) in [6.07, 6.45) is -2.83. The fourth-order valence-corrected chi connectivity index (χ4v) is 4.93. The minimum absolute atomic E-state index is 0.0308. The molecule has 1 aliphatic heterocycles. The molecule has 1 fully saturated rings. The van der Waals surface area contributed by atoms with Gasteiger partial charge < -0.3 is 4.43 Å². The molecule has 8 heteroatoms. The molecule has 1 saturated heterocycles. The van der Waals surface area contributed by atoms with Gasteiger partial charge in [-0.3, -0.25) is 9.69 Å². The van der Waals surface area contributed by atoms with E-state index >= 15 is 0 Å². The zero-order valence-electron chi connectivity index (χ0n) is 21.4. The van der Waals surface area contributed by atoms with E-state index in [0.717, 1.165) is 23.4 Å². The third-order valence-electron chi connectivity index (χ3n) is 7.06. The second-order valence-corrected chi connectivity index (χ2v) is 15.4. The Labute approximate surface area is 215 Å². The lowest BCUT2D eigenvalue weighted by Crippen LogP contribution is -2.49. The summed E-state index contributed by atoms with van der Waals surface area (Å²) < 4.78 is 58.8. The molecule has 0 N–H and O–H groups in total. The number of benzene rings is 3. The summed E-state index contributed by atoms with van der Waals surface area (Å²) in [5.74, 6) is 0.0293. The van der Waals surface area contributed by atoms with Gasteiger partial charge in [0, 0.05) is 11.3 Å². The van der Waals surface area contributed by atoms with E-state index in [9.17, 15) is 22.4 Å². The molecule has 1 unspecified atom stereocenters. The number of β-lactam (4-membered cyclic amide) rings is 1. The van der Waals surface area contributed by atoms with E-state index in [4.69, 9.17) is 4.43 Å².